The first kappa shape index (κ1) is 17.9. The van der Waals surface area contributed by atoms with Crippen LogP contribution in [0.3, 0.4) is 0 Å². The van der Waals surface area contributed by atoms with E-state index in [1.807, 2.05) is 13.0 Å². The predicted octanol–water partition coefficient (Wildman–Crippen LogP) is 3.74. The Hall–Kier alpha value is -1.90. The van der Waals surface area contributed by atoms with Gasteiger partial charge in [0.1, 0.15) is 6.10 Å². The molecular weight excluding hydrogens is 364 g/mol. The molecule has 134 valence electrons. The number of nitrogens with one attached hydrogen (secondary N) is 1. The van der Waals surface area contributed by atoms with Gasteiger partial charge in [-0.25, -0.2) is 0 Å². The molecule has 3 rings (SSSR count). The standard InChI is InChI=1S/C16H19ClN4O3S/c1-3-23-13-8-10(7-11(17)14(13)22-2)9-18-21-15(19-20-16(21)25)12-5-4-6-24-12/h7-9,12H,3-6H2,1-2H3,(H,20,25)/b18-9-/t12-/m1/s1. The second-order valence-electron chi connectivity index (χ2n) is 5.41. The molecule has 1 aromatic carbocycles. The third-order valence-corrected chi connectivity index (χ3v) is 4.30. The van der Waals surface area contributed by atoms with Gasteiger partial charge in [0, 0.05) is 6.61 Å². The molecule has 0 radical (unpaired) electrons. The molecule has 1 fully saturated rings. The number of H-pyrrole nitrogens is 1. The highest BCUT2D eigenvalue weighted by Gasteiger charge is 2.23. The molecule has 1 N–H and O–H groups in total. The van der Waals surface area contributed by atoms with Crippen LogP contribution in [-0.2, 0) is 4.74 Å². The number of aromatic nitrogens is 3. The fourth-order valence-electron chi connectivity index (χ4n) is 2.65. The van der Waals surface area contributed by atoms with E-state index in [0.717, 1.165) is 25.0 Å². The van der Waals surface area contributed by atoms with Crippen LogP contribution in [0.25, 0.3) is 0 Å². The van der Waals surface area contributed by atoms with E-state index >= 15 is 0 Å². The Morgan fingerprint density at radius 2 is 2.40 bits per heavy atom. The van der Waals surface area contributed by atoms with Crippen molar-refractivity contribution in [2.24, 2.45) is 5.10 Å². The van der Waals surface area contributed by atoms with E-state index in [4.69, 9.17) is 38.0 Å². The van der Waals surface area contributed by atoms with Gasteiger partial charge in [0.15, 0.2) is 17.3 Å². The summed E-state index contributed by atoms with van der Waals surface area (Å²) < 4.78 is 18.5. The predicted molar refractivity (Wildman–Crippen MR) is 97.5 cm³/mol. The van der Waals surface area contributed by atoms with E-state index in [0.29, 0.717) is 33.7 Å². The number of aromatic amines is 1. The van der Waals surface area contributed by atoms with Gasteiger partial charge in [0.2, 0.25) is 4.77 Å². The van der Waals surface area contributed by atoms with E-state index in [2.05, 4.69) is 15.3 Å². The number of nitrogens with zero attached hydrogens (tertiary/aromatic N) is 3. The van der Waals surface area contributed by atoms with E-state index in [1.165, 1.54) is 0 Å². The van der Waals surface area contributed by atoms with Crippen LogP contribution in [-0.4, -0.2) is 41.4 Å². The summed E-state index contributed by atoms with van der Waals surface area (Å²) in [5.74, 6) is 1.73. The second-order valence-corrected chi connectivity index (χ2v) is 6.21. The number of ether oxygens (including phenoxy) is 3. The number of halogens is 1. The van der Waals surface area contributed by atoms with Crippen LogP contribution < -0.4 is 9.47 Å². The normalized spacial score (nSPS) is 17.3. The van der Waals surface area contributed by atoms with Crippen molar-refractivity contribution in [2.45, 2.75) is 25.9 Å². The number of rotatable bonds is 6. The Morgan fingerprint density at radius 1 is 1.56 bits per heavy atom. The largest absolute Gasteiger partial charge is 0.491 e. The van der Waals surface area contributed by atoms with Crippen molar-refractivity contribution in [1.82, 2.24) is 14.9 Å². The SMILES string of the molecule is CCOc1cc(/C=N\n2c([C@H]3CCCO3)n[nH]c2=S)cc(Cl)c1OC. The van der Waals surface area contributed by atoms with E-state index < -0.39 is 0 Å². The maximum absolute atomic E-state index is 6.26. The highest BCUT2D eigenvalue weighted by atomic mass is 35.5. The monoisotopic (exact) mass is 382 g/mol. The van der Waals surface area contributed by atoms with Crippen molar-refractivity contribution in [3.05, 3.63) is 33.3 Å². The van der Waals surface area contributed by atoms with Gasteiger partial charge in [-0.05, 0) is 49.7 Å². The van der Waals surface area contributed by atoms with Crippen molar-refractivity contribution in [3.8, 4) is 11.5 Å². The maximum Gasteiger partial charge on any atom is 0.216 e. The average molecular weight is 383 g/mol. The molecule has 9 heteroatoms. The molecule has 0 saturated carbocycles. The molecule has 1 aromatic heterocycles. The first-order valence-corrected chi connectivity index (χ1v) is 8.76. The van der Waals surface area contributed by atoms with Crippen LogP contribution in [0.4, 0.5) is 0 Å². The molecule has 2 aromatic rings. The molecule has 25 heavy (non-hydrogen) atoms. The Morgan fingerprint density at radius 3 is 3.08 bits per heavy atom. The molecule has 0 bridgehead atoms. The van der Waals surface area contributed by atoms with Crippen LogP contribution in [0, 0.1) is 4.77 Å². The van der Waals surface area contributed by atoms with Gasteiger partial charge in [0.05, 0.1) is 25.0 Å². The third kappa shape index (κ3) is 3.86. The summed E-state index contributed by atoms with van der Waals surface area (Å²) in [5.41, 5.74) is 0.760. The molecule has 7 nitrogen and oxygen atoms in total. The minimum atomic E-state index is -0.0939. The van der Waals surface area contributed by atoms with Gasteiger partial charge < -0.3 is 14.2 Å². The smallest absolute Gasteiger partial charge is 0.216 e. The summed E-state index contributed by atoms with van der Waals surface area (Å²) in [6.45, 7) is 3.12. The van der Waals surface area contributed by atoms with Crippen molar-refractivity contribution in [2.75, 3.05) is 20.3 Å². The van der Waals surface area contributed by atoms with Crippen molar-refractivity contribution >= 4 is 30.0 Å². The molecule has 0 spiro atoms. The van der Waals surface area contributed by atoms with Crippen LogP contribution in [0.5, 0.6) is 11.5 Å². The lowest BCUT2D eigenvalue weighted by Gasteiger charge is -2.11. The van der Waals surface area contributed by atoms with Gasteiger partial charge in [-0.2, -0.15) is 14.9 Å². The quantitative estimate of drug-likeness (QED) is 0.608. The lowest BCUT2D eigenvalue weighted by atomic mass is 10.2. The zero-order chi connectivity index (χ0) is 17.8. The number of methoxy groups -OCH3 is 1. The Kier molecular flexibility index (Phi) is 5.72. The summed E-state index contributed by atoms with van der Waals surface area (Å²) in [4.78, 5) is 0. The summed E-state index contributed by atoms with van der Waals surface area (Å²) in [6, 6.07) is 3.56. The topological polar surface area (TPSA) is 73.7 Å². The maximum atomic E-state index is 6.26. The second kappa shape index (κ2) is 7.99. The number of hydrogen-bond acceptors (Lipinski definition) is 6. The Bertz CT molecular complexity index is 827. The van der Waals surface area contributed by atoms with Crippen LogP contribution >= 0.6 is 23.8 Å². The van der Waals surface area contributed by atoms with Gasteiger partial charge in [-0.1, -0.05) is 11.6 Å². The van der Waals surface area contributed by atoms with Crippen LogP contribution in [0.2, 0.25) is 5.02 Å². The van der Waals surface area contributed by atoms with Crippen LogP contribution in [0.1, 0.15) is 37.3 Å². The molecule has 1 aliphatic heterocycles. The summed E-state index contributed by atoms with van der Waals surface area (Å²) in [7, 11) is 1.55. The molecule has 1 aliphatic rings. The molecule has 1 saturated heterocycles. The van der Waals surface area contributed by atoms with E-state index in [-0.39, 0.29) is 6.10 Å². The third-order valence-electron chi connectivity index (χ3n) is 3.75. The summed E-state index contributed by atoms with van der Waals surface area (Å²) in [6.07, 6.45) is 3.46. The highest BCUT2D eigenvalue weighted by Crippen LogP contribution is 2.36. The van der Waals surface area contributed by atoms with Gasteiger partial charge in [0.25, 0.3) is 0 Å². The average Bonchev–Trinajstić information content (AvgIpc) is 3.23. The Labute approximate surface area is 155 Å². The number of benzene rings is 1. The summed E-state index contributed by atoms with van der Waals surface area (Å²) >= 11 is 11.5. The van der Waals surface area contributed by atoms with E-state index in [9.17, 15) is 0 Å². The minimum Gasteiger partial charge on any atom is -0.491 e. The number of hydrogen-bond donors (Lipinski definition) is 1. The fraction of sp³-hybridized carbons (Fsp3) is 0.438. The molecule has 0 unspecified atom stereocenters. The van der Waals surface area contributed by atoms with Gasteiger partial charge in [-0.15, -0.1) is 0 Å². The van der Waals surface area contributed by atoms with Gasteiger partial charge in [-0.3, -0.25) is 5.10 Å². The molecule has 1 atom stereocenters. The molecule has 2 heterocycles. The first-order chi connectivity index (χ1) is 12.1. The lowest BCUT2D eigenvalue weighted by Crippen LogP contribution is -2.05. The van der Waals surface area contributed by atoms with Crippen molar-refractivity contribution in [3.63, 3.8) is 0 Å². The van der Waals surface area contributed by atoms with Crippen molar-refractivity contribution in [1.29, 1.82) is 0 Å². The lowest BCUT2D eigenvalue weighted by molar-refractivity contribution is 0.102. The van der Waals surface area contributed by atoms with Crippen molar-refractivity contribution < 1.29 is 14.2 Å². The molecular formula is C16H19ClN4O3S. The van der Waals surface area contributed by atoms with E-state index in [1.54, 1.807) is 24.1 Å². The zero-order valence-corrected chi connectivity index (χ0v) is 15.6. The molecule has 0 amide bonds. The minimum absolute atomic E-state index is 0.0939. The Balaban J connectivity index is 1.92. The van der Waals surface area contributed by atoms with Crippen LogP contribution in [0.15, 0.2) is 17.2 Å². The van der Waals surface area contributed by atoms with Gasteiger partial charge >= 0.3 is 0 Å². The summed E-state index contributed by atoms with van der Waals surface area (Å²) in [5, 5.41) is 11.9. The zero-order valence-electron chi connectivity index (χ0n) is 14.0. The first-order valence-electron chi connectivity index (χ1n) is 7.97. The molecule has 0 aliphatic carbocycles. The highest BCUT2D eigenvalue weighted by molar-refractivity contribution is 7.71. The fourth-order valence-corrected chi connectivity index (χ4v) is 3.14.